The summed E-state index contributed by atoms with van der Waals surface area (Å²) in [5, 5.41) is 3.70. The van der Waals surface area contributed by atoms with E-state index in [1.807, 2.05) is 42.5 Å². The maximum Gasteiger partial charge on any atom is 0.247 e. The number of benzene rings is 3. The molecule has 3 aromatic carbocycles. The number of carbonyl (C=O) groups excluding carboxylic acids is 2. The molecule has 0 spiro atoms. The van der Waals surface area contributed by atoms with Crippen LogP contribution in [0, 0.1) is 0 Å². The van der Waals surface area contributed by atoms with Crippen molar-refractivity contribution >= 4 is 33.4 Å². The Morgan fingerprint density at radius 1 is 0.907 bits per heavy atom. The van der Waals surface area contributed by atoms with Gasteiger partial charge < -0.3 is 10.2 Å². The number of rotatable bonds is 14. The monoisotopic (exact) mass is 621 g/mol. The second-order valence-electron chi connectivity index (χ2n) is 10.8. The van der Waals surface area contributed by atoms with Gasteiger partial charge in [-0.3, -0.25) is 9.59 Å². The number of halogens is 1. The van der Waals surface area contributed by atoms with Gasteiger partial charge >= 0.3 is 0 Å². The lowest BCUT2D eigenvalue weighted by Gasteiger charge is -2.32. The Hall–Kier alpha value is -3.46. The molecule has 1 aliphatic carbocycles. The predicted molar refractivity (Wildman–Crippen MR) is 171 cm³/mol. The molecule has 9 heteroatoms. The number of allylic oxidation sites excluding steroid dienone is 1. The van der Waals surface area contributed by atoms with Gasteiger partial charge in [-0.15, -0.1) is 0 Å². The molecule has 0 heterocycles. The Balaban J connectivity index is 1.55. The number of aryl methyl sites for hydroxylation is 1. The van der Waals surface area contributed by atoms with Crippen molar-refractivity contribution in [1.82, 2.24) is 14.9 Å². The molecule has 0 radical (unpaired) electrons. The molecule has 1 atom stereocenters. The van der Waals surface area contributed by atoms with E-state index in [0.717, 1.165) is 36.0 Å². The third kappa shape index (κ3) is 9.51. The lowest BCUT2D eigenvalue weighted by atomic mass is 9.97. The van der Waals surface area contributed by atoms with Crippen molar-refractivity contribution in [2.45, 2.75) is 69.4 Å². The molecule has 0 saturated carbocycles. The van der Waals surface area contributed by atoms with Gasteiger partial charge in [0.15, 0.2) is 0 Å². The van der Waals surface area contributed by atoms with Crippen LogP contribution < -0.4 is 10.0 Å². The van der Waals surface area contributed by atoms with Crippen molar-refractivity contribution in [3.8, 4) is 0 Å². The molecule has 0 aliphatic heterocycles. The fourth-order valence-corrected chi connectivity index (χ4v) is 6.46. The SMILES string of the molecule is CCNS(=O)(=O)c1ccc(CCC(=O)N(Cc2ccc(Cl)cc2)[C@H](C(=O)NCCC2=CCCCC2)c2ccccc2)cc1. The number of amides is 2. The minimum absolute atomic E-state index is 0.149. The van der Waals surface area contributed by atoms with Gasteiger partial charge in [-0.2, -0.15) is 0 Å². The zero-order chi connectivity index (χ0) is 30.7. The minimum atomic E-state index is -3.56. The Morgan fingerprint density at radius 2 is 1.60 bits per heavy atom. The Morgan fingerprint density at radius 3 is 2.26 bits per heavy atom. The number of hydrogen-bond donors (Lipinski definition) is 2. The van der Waals surface area contributed by atoms with Crippen LogP contribution in [0.15, 0.2) is 95.4 Å². The van der Waals surface area contributed by atoms with Crippen LogP contribution >= 0.6 is 11.6 Å². The molecular weight excluding hydrogens is 582 g/mol. The Kier molecular flexibility index (Phi) is 12.0. The smallest absolute Gasteiger partial charge is 0.247 e. The average Bonchev–Trinajstić information content (AvgIpc) is 3.02. The van der Waals surface area contributed by atoms with E-state index in [4.69, 9.17) is 11.6 Å². The maximum atomic E-state index is 13.9. The van der Waals surface area contributed by atoms with E-state index < -0.39 is 16.1 Å². The molecule has 7 nitrogen and oxygen atoms in total. The van der Waals surface area contributed by atoms with Crippen molar-refractivity contribution in [2.24, 2.45) is 0 Å². The standard InChI is InChI=1S/C34H40ClN3O4S/c1-2-37-43(41,42)31-20-15-27(16-21-31)17-22-32(39)38(25-28-13-18-30(35)19-14-28)33(29-11-7-4-8-12-29)34(40)36-24-23-26-9-5-3-6-10-26/h4,7-9,11-16,18-21,33,37H,2-3,5-6,10,17,22-25H2,1H3,(H,36,40)/t33-/m0/s1. The first-order chi connectivity index (χ1) is 20.8. The molecule has 2 N–H and O–H groups in total. The molecule has 4 rings (SSSR count). The van der Waals surface area contributed by atoms with Crippen LogP contribution in [-0.4, -0.2) is 38.2 Å². The van der Waals surface area contributed by atoms with Gasteiger partial charge in [-0.05, 0) is 79.5 Å². The van der Waals surface area contributed by atoms with E-state index >= 15 is 0 Å². The van der Waals surface area contributed by atoms with Gasteiger partial charge in [-0.1, -0.05) is 84.8 Å². The summed E-state index contributed by atoms with van der Waals surface area (Å²) in [6.07, 6.45) is 8.19. The van der Waals surface area contributed by atoms with Gasteiger partial charge in [0.2, 0.25) is 21.8 Å². The molecule has 0 aromatic heterocycles. The van der Waals surface area contributed by atoms with Crippen LogP contribution in [-0.2, 0) is 32.6 Å². The highest BCUT2D eigenvalue weighted by molar-refractivity contribution is 7.89. The predicted octanol–water partition coefficient (Wildman–Crippen LogP) is 6.35. The molecule has 0 saturated heterocycles. The minimum Gasteiger partial charge on any atom is -0.354 e. The highest BCUT2D eigenvalue weighted by atomic mass is 35.5. The first-order valence-corrected chi connectivity index (χ1v) is 16.8. The van der Waals surface area contributed by atoms with Crippen molar-refractivity contribution in [3.63, 3.8) is 0 Å². The molecule has 0 bridgehead atoms. The number of nitrogens with zero attached hydrogens (tertiary/aromatic N) is 1. The van der Waals surface area contributed by atoms with E-state index in [0.29, 0.717) is 24.5 Å². The van der Waals surface area contributed by atoms with E-state index in [1.54, 1.807) is 48.2 Å². The first kappa shape index (κ1) is 32.5. The van der Waals surface area contributed by atoms with Crippen LogP contribution in [0.3, 0.4) is 0 Å². The van der Waals surface area contributed by atoms with E-state index in [1.165, 1.54) is 18.4 Å². The van der Waals surface area contributed by atoms with Gasteiger partial charge in [0.1, 0.15) is 6.04 Å². The van der Waals surface area contributed by atoms with E-state index in [-0.39, 0.29) is 29.7 Å². The Bertz CT molecular complexity index is 1490. The number of hydrogen-bond acceptors (Lipinski definition) is 4. The van der Waals surface area contributed by atoms with Crippen molar-refractivity contribution in [2.75, 3.05) is 13.1 Å². The number of carbonyl (C=O) groups is 2. The zero-order valence-corrected chi connectivity index (χ0v) is 26.2. The molecular formula is C34H40ClN3O4S. The average molecular weight is 622 g/mol. The zero-order valence-electron chi connectivity index (χ0n) is 24.6. The van der Waals surface area contributed by atoms with Crippen molar-refractivity contribution in [3.05, 3.63) is 112 Å². The molecule has 43 heavy (non-hydrogen) atoms. The van der Waals surface area contributed by atoms with Crippen molar-refractivity contribution in [1.29, 1.82) is 0 Å². The first-order valence-electron chi connectivity index (χ1n) is 14.9. The summed E-state index contributed by atoms with van der Waals surface area (Å²) in [4.78, 5) is 29.6. The molecule has 2 amide bonds. The van der Waals surface area contributed by atoms with Crippen LogP contribution in [0.2, 0.25) is 5.02 Å². The topological polar surface area (TPSA) is 95.6 Å². The lowest BCUT2D eigenvalue weighted by Crippen LogP contribution is -2.43. The highest BCUT2D eigenvalue weighted by Gasteiger charge is 2.31. The second-order valence-corrected chi connectivity index (χ2v) is 13.0. The third-order valence-corrected chi connectivity index (χ3v) is 9.40. The normalized spacial score (nSPS) is 14.0. The largest absolute Gasteiger partial charge is 0.354 e. The molecule has 1 aliphatic rings. The van der Waals surface area contributed by atoms with Crippen LogP contribution in [0.5, 0.6) is 0 Å². The van der Waals surface area contributed by atoms with Gasteiger partial charge in [0.05, 0.1) is 4.90 Å². The van der Waals surface area contributed by atoms with Crippen molar-refractivity contribution < 1.29 is 18.0 Å². The summed E-state index contributed by atoms with van der Waals surface area (Å²) < 4.78 is 27.1. The summed E-state index contributed by atoms with van der Waals surface area (Å²) in [7, 11) is -3.56. The number of sulfonamides is 1. The van der Waals surface area contributed by atoms with E-state index in [9.17, 15) is 18.0 Å². The summed E-state index contributed by atoms with van der Waals surface area (Å²) >= 11 is 6.12. The molecule has 0 fully saturated rings. The Labute approximate surface area is 260 Å². The van der Waals surface area contributed by atoms with Crippen LogP contribution in [0.4, 0.5) is 0 Å². The van der Waals surface area contributed by atoms with Gasteiger partial charge in [0.25, 0.3) is 0 Å². The van der Waals surface area contributed by atoms with E-state index in [2.05, 4.69) is 16.1 Å². The van der Waals surface area contributed by atoms with Crippen LogP contribution in [0.1, 0.15) is 68.2 Å². The molecule has 3 aromatic rings. The highest BCUT2D eigenvalue weighted by Crippen LogP contribution is 2.26. The summed E-state index contributed by atoms with van der Waals surface area (Å²) in [5.41, 5.74) is 3.80. The van der Waals surface area contributed by atoms with Crippen LogP contribution in [0.25, 0.3) is 0 Å². The fraction of sp³-hybridized carbons (Fsp3) is 0.353. The summed E-state index contributed by atoms with van der Waals surface area (Å²) in [5.74, 6) is -0.402. The fourth-order valence-electron chi connectivity index (χ4n) is 5.30. The second kappa shape index (κ2) is 15.8. The maximum absolute atomic E-state index is 13.9. The lowest BCUT2D eigenvalue weighted by molar-refractivity contribution is -0.141. The summed E-state index contributed by atoms with van der Waals surface area (Å²) in [6.45, 7) is 2.77. The molecule has 228 valence electrons. The van der Waals surface area contributed by atoms with Gasteiger partial charge in [0, 0.05) is 31.1 Å². The quantitative estimate of drug-likeness (QED) is 0.205. The molecule has 0 unspecified atom stereocenters. The third-order valence-electron chi connectivity index (χ3n) is 7.59. The summed E-state index contributed by atoms with van der Waals surface area (Å²) in [6, 6.07) is 22.4. The van der Waals surface area contributed by atoms with Gasteiger partial charge in [-0.25, -0.2) is 13.1 Å². The number of nitrogens with one attached hydrogen (secondary N) is 2.